The Morgan fingerprint density at radius 2 is 1.89 bits per heavy atom. The van der Waals surface area contributed by atoms with Crippen LogP contribution < -0.4 is 10.6 Å². The summed E-state index contributed by atoms with van der Waals surface area (Å²) in [5.74, 6) is -0.612. The van der Waals surface area contributed by atoms with E-state index in [-0.39, 0.29) is 16.1 Å². The first kappa shape index (κ1) is 14.2. The van der Waals surface area contributed by atoms with Crippen molar-refractivity contribution in [2.45, 2.75) is 31.1 Å². The predicted molar refractivity (Wildman–Crippen MR) is 71.3 cm³/mol. The van der Waals surface area contributed by atoms with Crippen molar-refractivity contribution in [3.63, 3.8) is 0 Å². The van der Waals surface area contributed by atoms with Crippen LogP contribution in [0.3, 0.4) is 0 Å². The van der Waals surface area contributed by atoms with Gasteiger partial charge in [-0.25, -0.2) is 17.8 Å². The number of rotatable bonds is 3. The first-order chi connectivity index (χ1) is 8.90. The highest BCUT2D eigenvalue weighted by molar-refractivity contribution is 7.89. The van der Waals surface area contributed by atoms with Crippen LogP contribution in [0.2, 0.25) is 0 Å². The van der Waals surface area contributed by atoms with Crippen LogP contribution in [-0.4, -0.2) is 26.5 Å². The van der Waals surface area contributed by atoms with Crippen LogP contribution in [0, 0.1) is 12.7 Å². The number of hydrogen-bond acceptors (Lipinski definition) is 4. The second-order valence-electron chi connectivity index (χ2n) is 4.77. The van der Waals surface area contributed by atoms with Gasteiger partial charge >= 0.3 is 0 Å². The molecule has 2 rings (SSSR count). The van der Waals surface area contributed by atoms with Gasteiger partial charge in [-0.05, 0) is 31.9 Å². The van der Waals surface area contributed by atoms with Gasteiger partial charge in [0.15, 0.2) is 0 Å². The third-order valence-corrected chi connectivity index (χ3v) is 4.72. The molecule has 0 aromatic heterocycles. The van der Waals surface area contributed by atoms with Crippen LogP contribution in [0.5, 0.6) is 0 Å². The molecule has 0 bridgehead atoms. The molecule has 1 saturated heterocycles. The van der Waals surface area contributed by atoms with Gasteiger partial charge in [0.05, 0.1) is 4.90 Å². The molecule has 5 nitrogen and oxygen atoms in total. The Bertz CT molecular complexity index is 569. The lowest BCUT2D eigenvalue weighted by atomic mass is 10.2. The van der Waals surface area contributed by atoms with Crippen molar-refractivity contribution in [1.82, 2.24) is 9.84 Å². The fourth-order valence-corrected chi connectivity index (χ4v) is 3.57. The van der Waals surface area contributed by atoms with E-state index in [4.69, 9.17) is 5.73 Å². The van der Waals surface area contributed by atoms with Gasteiger partial charge in [0.2, 0.25) is 0 Å². The molecule has 0 atom stereocenters. The van der Waals surface area contributed by atoms with Gasteiger partial charge in [0.25, 0.3) is 10.0 Å². The van der Waals surface area contributed by atoms with Crippen LogP contribution in [0.4, 0.5) is 10.1 Å². The molecule has 0 spiro atoms. The van der Waals surface area contributed by atoms with Gasteiger partial charge < -0.3 is 5.73 Å². The normalized spacial score (nSPS) is 17.6. The zero-order valence-electron chi connectivity index (χ0n) is 10.8. The molecule has 19 heavy (non-hydrogen) atoms. The summed E-state index contributed by atoms with van der Waals surface area (Å²) in [6.45, 7) is 2.77. The second kappa shape index (κ2) is 5.44. The minimum Gasteiger partial charge on any atom is -0.399 e. The molecule has 0 radical (unpaired) electrons. The smallest absolute Gasteiger partial charge is 0.253 e. The predicted octanol–water partition coefficient (Wildman–Crippen LogP) is 1.40. The van der Waals surface area contributed by atoms with E-state index in [1.165, 1.54) is 13.0 Å². The van der Waals surface area contributed by atoms with Gasteiger partial charge in [-0.3, -0.25) is 0 Å². The molecular formula is C12H18FN3O2S. The number of halogens is 1. The molecule has 7 heteroatoms. The van der Waals surface area contributed by atoms with E-state index < -0.39 is 15.8 Å². The summed E-state index contributed by atoms with van der Waals surface area (Å²) in [5.41, 5.74) is 5.69. The number of sulfonamides is 1. The SMILES string of the molecule is Cc1c(F)cc(N)cc1S(=O)(=O)NN1CCCCC1. The fourth-order valence-electron chi connectivity index (χ4n) is 2.16. The van der Waals surface area contributed by atoms with Gasteiger partial charge in [-0.2, -0.15) is 0 Å². The first-order valence-corrected chi connectivity index (χ1v) is 7.71. The average Bonchev–Trinajstić information content (AvgIpc) is 2.34. The molecule has 1 aromatic carbocycles. The number of nitrogen functional groups attached to an aromatic ring is 1. The van der Waals surface area contributed by atoms with E-state index in [0.29, 0.717) is 13.1 Å². The molecule has 1 heterocycles. The Balaban J connectivity index is 2.28. The highest BCUT2D eigenvalue weighted by Gasteiger charge is 2.23. The van der Waals surface area contributed by atoms with E-state index in [2.05, 4.69) is 4.83 Å². The first-order valence-electron chi connectivity index (χ1n) is 6.23. The number of nitrogens with zero attached hydrogens (tertiary/aromatic N) is 1. The van der Waals surface area contributed by atoms with Crippen LogP contribution >= 0.6 is 0 Å². The van der Waals surface area contributed by atoms with Crippen LogP contribution in [-0.2, 0) is 10.0 Å². The molecule has 1 aliphatic rings. The van der Waals surface area contributed by atoms with E-state index in [9.17, 15) is 12.8 Å². The zero-order chi connectivity index (χ0) is 14.0. The Morgan fingerprint density at radius 3 is 2.53 bits per heavy atom. The third kappa shape index (κ3) is 3.23. The summed E-state index contributed by atoms with van der Waals surface area (Å²) in [7, 11) is -3.78. The van der Waals surface area contributed by atoms with Crippen molar-refractivity contribution < 1.29 is 12.8 Å². The van der Waals surface area contributed by atoms with Crippen molar-refractivity contribution in [3.05, 3.63) is 23.5 Å². The molecule has 0 amide bonds. The van der Waals surface area contributed by atoms with E-state index in [1.807, 2.05) is 0 Å². The quantitative estimate of drug-likeness (QED) is 0.824. The zero-order valence-corrected chi connectivity index (χ0v) is 11.6. The topological polar surface area (TPSA) is 75.4 Å². The molecule has 0 aliphatic carbocycles. The highest BCUT2D eigenvalue weighted by Crippen LogP contribution is 2.22. The number of hydrogen-bond donors (Lipinski definition) is 2. The molecule has 0 saturated carbocycles. The number of anilines is 1. The van der Waals surface area contributed by atoms with Crippen molar-refractivity contribution in [2.24, 2.45) is 0 Å². The molecule has 3 N–H and O–H groups in total. The lowest BCUT2D eigenvalue weighted by Gasteiger charge is -2.27. The minimum absolute atomic E-state index is 0.0821. The Kier molecular flexibility index (Phi) is 4.07. The largest absolute Gasteiger partial charge is 0.399 e. The molecule has 1 fully saturated rings. The monoisotopic (exact) mass is 287 g/mol. The van der Waals surface area contributed by atoms with Gasteiger partial charge in [0, 0.05) is 24.3 Å². The fraction of sp³-hybridized carbons (Fsp3) is 0.500. The highest BCUT2D eigenvalue weighted by atomic mass is 32.2. The Hall–Kier alpha value is -1.18. The van der Waals surface area contributed by atoms with Crippen LogP contribution in [0.25, 0.3) is 0 Å². The van der Waals surface area contributed by atoms with Gasteiger partial charge in [-0.1, -0.05) is 6.42 Å². The summed E-state index contributed by atoms with van der Waals surface area (Å²) in [6.07, 6.45) is 3.00. The molecule has 106 valence electrons. The minimum atomic E-state index is -3.78. The maximum absolute atomic E-state index is 13.6. The Labute approximate surface area is 112 Å². The number of hydrazine groups is 1. The number of piperidine rings is 1. The summed E-state index contributed by atoms with van der Waals surface area (Å²) in [4.78, 5) is 2.39. The lowest BCUT2D eigenvalue weighted by Crippen LogP contribution is -2.45. The maximum Gasteiger partial charge on any atom is 0.253 e. The van der Waals surface area contributed by atoms with Crippen molar-refractivity contribution in [1.29, 1.82) is 0 Å². The van der Waals surface area contributed by atoms with E-state index in [1.54, 1.807) is 5.01 Å². The maximum atomic E-state index is 13.6. The van der Waals surface area contributed by atoms with Gasteiger partial charge in [0.1, 0.15) is 5.82 Å². The lowest BCUT2D eigenvalue weighted by molar-refractivity contribution is 0.200. The summed E-state index contributed by atoms with van der Waals surface area (Å²) >= 11 is 0. The number of benzene rings is 1. The molecule has 1 aromatic rings. The van der Waals surface area contributed by atoms with E-state index >= 15 is 0 Å². The van der Waals surface area contributed by atoms with Gasteiger partial charge in [-0.15, -0.1) is 4.83 Å². The molecular weight excluding hydrogens is 269 g/mol. The number of nitrogens with two attached hydrogens (primary N) is 1. The van der Waals surface area contributed by atoms with Crippen LogP contribution in [0.15, 0.2) is 17.0 Å². The molecule has 0 unspecified atom stereocenters. The Morgan fingerprint density at radius 1 is 1.26 bits per heavy atom. The summed E-state index contributed by atoms with van der Waals surface area (Å²) < 4.78 is 38.1. The average molecular weight is 287 g/mol. The second-order valence-corrected chi connectivity index (χ2v) is 6.40. The molecule has 1 aliphatic heterocycles. The summed E-state index contributed by atoms with van der Waals surface area (Å²) in [6, 6.07) is 2.40. The van der Waals surface area contributed by atoms with Crippen molar-refractivity contribution in [2.75, 3.05) is 18.8 Å². The summed E-state index contributed by atoms with van der Waals surface area (Å²) in [5, 5.41) is 1.65. The van der Waals surface area contributed by atoms with Crippen molar-refractivity contribution >= 4 is 15.7 Å². The van der Waals surface area contributed by atoms with Crippen LogP contribution in [0.1, 0.15) is 24.8 Å². The third-order valence-electron chi connectivity index (χ3n) is 3.21. The van der Waals surface area contributed by atoms with E-state index in [0.717, 1.165) is 25.3 Å². The standard InChI is InChI=1S/C12H18FN3O2S/c1-9-11(13)7-10(14)8-12(9)19(17,18)15-16-5-3-2-4-6-16/h7-8,15H,2-6,14H2,1H3. The number of nitrogens with one attached hydrogen (secondary N) is 1. The van der Waals surface area contributed by atoms with Crippen molar-refractivity contribution in [3.8, 4) is 0 Å².